The molecule has 0 amide bonds. The van der Waals surface area contributed by atoms with Crippen LogP contribution >= 0.6 is 0 Å². The van der Waals surface area contributed by atoms with Gasteiger partial charge in [-0.1, -0.05) is 0 Å². The lowest BCUT2D eigenvalue weighted by Gasteiger charge is -2.08. The molecule has 6 heteroatoms. The molecule has 0 aliphatic heterocycles. The Morgan fingerprint density at radius 3 is 2.53 bits per heavy atom. The number of rotatable bonds is 3. The normalized spacial score (nSPS) is 12.0. The summed E-state index contributed by atoms with van der Waals surface area (Å²) in [5.74, 6) is -1.01. The highest BCUT2D eigenvalue weighted by Gasteiger charge is 2.30. The number of halogens is 3. The second-order valence-electron chi connectivity index (χ2n) is 4.22. The maximum atomic E-state index is 12.6. The van der Waals surface area contributed by atoms with E-state index in [4.69, 9.17) is 5.11 Å². The van der Waals surface area contributed by atoms with Gasteiger partial charge in [0.2, 0.25) is 0 Å². The van der Waals surface area contributed by atoms with Crippen molar-refractivity contribution >= 4 is 16.9 Å². The van der Waals surface area contributed by atoms with Crippen LogP contribution in [0.25, 0.3) is 10.9 Å². The lowest BCUT2D eigenvalue weighted by molar-refractivity contribution is -0.138. The molecule has 3 nitrogen and oxygen atoms in total. The van der Waals surface area contributed by atoms with E-state index < -0.39 is 17.7 Å². The smallest absolute Gasteiger partial charge is 0.416 e. The van der Waals surface area contributed by atoms with E-state index in [1.54, 1.807) is 4.57 Å². The summed E-state index contributed by atoms with van der Waals surface area (Å²) in [7, 11) is 0. The summed E-state index contributed by atoms with van der Waals surface area (Å²) in [5.41, 5.74) is 0.395. The van der Waals surface area contributed by atoms with Crippen LogP contribution in [0.5, 0.6) is 0 Å². The molecular weight excluding hydrogens is 259 g/mol. The molecule has 0 unspecified atom stereocenters. The summed E-state index contributed by atoms with van der Waals surface area (Å²) in [6.45, 7) is 2.33. The predicted molar refractivity (Wildman–Crippen MR) is 64.0 cm³/mol. The molecule has 0 saturated carbocycles. The van der Waals surface area contributed by atoms with Gasteiger partial charge >= 0.3 is 12.1 Å². The van der Waals surface area contributed by atoms with Gasteiger partial charge in [0.15, 0.2) is 0 Å². The molecule has 2 rings (SSSR count). The first-order valence-corrected chi connectivity index (χ1v) is 5.74. The monoisotopic (exact) mass is 271 g/mol. The number of alkyl halides is 3. The summed E-state index contributed by atoms with van der Waals surface area (Å²) < 4.78 is 39.6. The van der Waals surface area contributed by atoms with E-state index in [1.165, 1.54) is 12.1 Å². The van der Waals surface area contributed by atoms with Gasteiger partial charge in [0.25, 0.3) is 0 Å². The number of aliphatic carboxylic acids is 1. The van der Waals surface area contributed by atoms with Crippen molar-refractivity contribution < 1.29 is 23.1 Å². The molecule has 0 spiro atoms. The number of nitrogens with zero attached hydrogens (tertiary/aromatic N) is 1. The molecule has 0 bridgehead atoms. The van der Waals surface area contributed by atoms with E-state index in [9.17, 15) is 18.0 Å². The Hall–Kier alpha value is -1.98. The van der Waals surface area contributed by atoms with Gasteiger partial charge in [0.1, 0.15) is 0 Å². The number of benzene rings is 1. The fourth-order valence-electron chi connectivity index (χ4n) is 2.18. The Labute approximate surface area is 107 Å². The van der Waals surface area contributed by atoms with Gasteiger partial charge in [0.05, 0.1) is 12.0 Å². The maximum absolute atomic E-state index is 12.6. The van der Waals surface area contributed by atoms with Gasteiger partial charge in [-0.05, 0) is 31.2 Å². The Kier molecular flexibility index (Phi) is 3.26. The molecule has 0 aliphatic carbocycles. The number of fused-ring (bicyclic) bond motifs is 1. The highest BCUT2D eigenvalue weighted by Crippen LogP contribution is 2.32. The second-order valence-corrected chi connectivity index (χ2v) is 4.22. The summed E-state index contributed by atoms with van der Waals surface area (Å²) in [4.78, 5) is 10.7. The van der Waals surface area contributed by atoms with Crippen molar-refractivity contribution in [3.8, 4) is 0 Å². The molecule has 1 heterocycles. The van der Waals surface area contributed by atoms with Gasteiger partial charge in [-0.3, -0.25) is 4.79 Å². The van der Waals surface area contributed by atoms with Crippen molar-refractivity contribution in [1.82, 2.24) is 4.57 Å². The van der Waals surface area contributed by atoms with Crippen molar-refractivity contribution in [2.75, 3.05) is 0 Å². The molecule has 0 radical (unpaired) electrons. The zero-order valence-corrected chi connectivity index (χ0v) is 10.2. The number of carboxylic acids is 1. The van der Waals surface area contributed by atoms with E-state index in [1.807, 2.05) is 6.92 Å². The molecular formula is C13H12F3NO2. The highest BCUT2D eigenvalue weighted by molar-refractivity contribution is 5.84. The summed E-state index contributed by atoms with van der Waals surface area (Å²) >= 11 is 0. The van der Waals surface area contributed by atoms with Crippen LogP contribution in [-0.4, -0.2) is 15.6 Å². The number of hydrogen-bond donors (Lipinski definition) is 1. The first-order chi connectivity index (χ1) is 8.82. The van der Waals surface area contributed by atoms with Gasteiger partial charge in [-0.15, -0.1) is 0 Å². The minimum absolute atomic E-state index is 0.204. The average Bonchev–Trinajstić information content (AvgIpc) is 2.62. The Bertz CT molecular complexity index is 629. The third kappa shape index (κ3) is 2.57. The van der Waals surface area contributed by atoms with Gasteiger partial charge < -0.3 is 9.67 Å². The van der Waals surface area contributed by atoms with Crippen LogP contribution < -0.4 is 0 Å². The Morgan fingerprint density at radius 2 is 2.00 bits per heavy atom. The minimum Gasteiger partial charge on any atom is -0.481 e. The van der Waals surface area contributed by atoms with Crippen LogP contribution in [0.15, 0.2) is 24.3 Å². The van der Waals surface area contributed by atoms with Gasteiger partial charge in [-0.2, -0.15) is 13.2 Å². The topological polar surface area (TPSA) is 42.2 Å². The minimum atomic E-state index is -4.39. The Morgan fingerprint density at radius 1 is 1.32 bits per heavy atom. The first kappa shape index (κ1) is 13.5. The number of carbonyl (C=O) groups is 1. The standard InChI is InChI=1S/C13H12F3NO2/c1-2-17-10(7-12(18)19)6-8-5-9(13(14,15)16)3-4-11(8)17/h3-6H,2,7H2,1H3,(H,18,19). The SMILES string of the molecule is CCn1c(CC(=O)O)cc2cc(C(F)(F)F)ccc21. The zero-order valence-electron chi connectivity index (χ0n) is 10.2. The van der Waals surface area contributed by atoms with Crippen LogP contribution in [0.3, 0.4) is 0 Å². The van der Waals surface area contributed by atoms with Gasteiger partial charge in [-0.25, -0.2) is 0 Å². The predicted octanol–water partition coefficient (Wildman–Crippen LogP) is 3.31. The maximum Gasteiger partial charge on any atom is 0.416 e. The van der Waals surface area contributed by atoms with Crippen LogP contribution in [0.1, 0.15) is 18.2 Å². The van der Waals surface area contributed by atoms with E-state index in [0.717, 1.165) is 12.1 Å². The molecule has 102 valence electrons. The number of aromatic nitrogens is 1. The average molecular weight is 271 g/mol. The molecule has 0 aliphatic rings. The highest BCUT2D eigenvalue weighted by atomic mass is 19.4. The van der Waals surface area contributed by atoms with Crippen LogP contribution in [0.4, 0.5) is 13.2 Å². The lowest BCUT2D eigenvalue weighted by Crippen LogP contribution is -2.07. The van der Waals surface area contributed by atoms with E-state index in [2.05, 4.69) is 0 Å². The Balaban J connectivity index is 2.59. The third-order valence-corrected chi connectivity index (χ3v) is 2.96. The summed E-state index contributed by atoms with van der Waals surface area (Å²) in [6, 6.07) is 4.95. The van der Waals surface area contributed by atoms with Crippen molar-refractivity contribution in [1.29, 1.82) is 0 Å². The largest absolute Gasteiger partial charge is 0.481 e. The fourth-order valence-corrected chi connectivity index (χ4v) is 2.18. The molecule has 1 aromatic heterocycles. The van der Waals surface area contributed by atoms with Crippen LogP contribution in [0, 0.1) is 0 Å². The zero-order chi connectivity index (χ0) is 14.2. The quantitative estimate of drug-likeness (QED) is 0.930. The molecule has 2 aromatic rings. The summed E-state index contributed by atoms with van der Waals surface area (Å²) in [6.07, 6.45) is -4.60. The third-order valence-electron chi connectivity index (χ3n) is 2.96. The molecule has 0 fully saturated rings. The second kappa shape index (κ2) is 4.60. The van der Waals surface area contributed by atoms with Crippen molar-refractivity contribution in [2.24, 2.45) is 0 Å². The van der Waals surface area contributed by atoms with E-state index in [0.29, 0.717) is 23.1 Å². The fraction of sp³-hybridized carbons (Fsp3) is 0.308. The summed E-state index contributed by atoms with van der Waals surface area (Å²) in [5, 5.41) is 9.21. The van der Waals surface area contributed by atoms with Crippen LogP contribution in [0.2, 0.25) is 0 Å². The number of carboxylic acid groups (broad SMARTS) is 1. The van der Waals surface area contributed by atoms with E-state index >= 15 is 0 Å². The van der Waals surface area contributed by atoms with Crippen molar-refractivity contribution in [3.63, 3.8) is 0 Å². The number of aryl methyl sites for hydroxylation is 1. The van der Waals surface area contributed by atoms with Crippen molar-refractivity contribution in [3.05, 3.63) is 35.5 Å². The number of hydrogen-bond acceptors (Lipinski definition) is 1. The van der Waals surface area contributed by atoms with Gasteiger partial charge in [0, 0.05) is 23.1 Å². The molecule has 0 atom stereocenters. The molecule has 1 aromatic carbocycles. The first-order valence-electron chi connectivity index (χ1n) is 5.74. The van der Waals surface area contributed by atoms with Crippen LogP contribution in [-0.2, 0) is 23.9 Å². The lowest BCUT2D eigenvalue weighted by atomic mass is 10.1. The molecule has 19 heavy (non-hydrogen) atoms. The molecule has 0 saturated heterocycles. The van der Waals surface area contributed by atoms with E-state index in [-0.39, 0.29) is 6.42 Å². The van der Waals surface area contributed by atoms with Crippen molar-refractivity contribution in [2.45, 2.75) is 26.1 Å². The molecule has 1 N–H and O–H groups in total.